The van der Waals surface area contributed by atoms with Gasteiger partial charge in [0, 0.05) is 32.7 Å². The molecule has 1 N–H and O–H groups in total. The van der Waals surface area contributed by atoms with Crippen LogP contribution in [-0.2, 0) is 20.9 Å². The summed E-state index contributed by atoms with van der Waals surface area (Å²) in [6, 6.07) is 1.35. The van der Waals surface area contributed by atoms with E-state index >= 15 is 0 Å². The summed E-state index contributed by atoms with van der Waals surface area (Å²) in [5.41, 5.74) is -0.169. The van der Waals surface area contributed by atoms with Gasteiger partial charge in [0.05, 0.1) is 24.2 Å². The maximum Gasteiger partial charge on any atom is 0.305 e. The Morgan fingerprint density at radius 3 is 3.00 bits per heavy atom. The summed E-state index contributed by atoms with van der Waals surface area (Å²) >= 11 is 1.39. The number of hydrogen-bond acceptors (Lipinski definition) is 6. The first-order chi connectivity index (χ1) is 12.0. The van der Waals surface area contributed by atoms with Gasteiger partial charge >= 0.3 is 5.97 Å². The molecule has 0 radical (unpaired) electrons. The molecule has 0 spiro atoms. The van der Waals surface area contributed by atoms with Gasteiger partial charge in [-0.3, -0.25) is 19.0 Å². The van der Waals surface area contributed by atoms with Crippen LogP contribution in [0.5, 0.6) is 0 Å². The molecule has 2 aromatic rings. The van der Waals surface area contributed by atoms with Gasteiger partial charge in [-0.1, -0.05) is 0 Å². The monoisotopic (exact) mass is 365 g/mol. The number of hydrogen-bond donors (Lipinski definition) is 1. The quantitative estimate of drug-likeness (QED) is 0.817. The topological polar surface area (TPSA) is 102 Å². The van der Waals surface area contributed by atoms with Crippen LogP contribution >= 0.6 is 11.3 Å². The molecule has 1 aliphatic rings. The smallest absolute Gasteiger partial charge is 0.305 e. The van der Waals surface area contributed by atoms with Crippen molar-refractivity contribution >= 4 is 33.4 Å². The van der Waals surface area contributed by atoms with Crippen molar-refractivity contribution in [3.63, 3.8) is 0 Å². The second kappa shape index (κ2) is 7.32. The molecule has 134 valence electrons. The third-order valence-corrected chi connectivity index (χ3v) is 5.28. The minimum absolute atomic E-state index is 0.103. The average Bonchev–Trinajstić information content (AvgIpc) is 3.20. The summed E-state index contributed by atoms with van der Waals surface area (Å²) in [4.78, 5) is 42.3. The van der Waals surface area contributed by atoms with E-state index in [-0.39, 0.29) is 43.0 Å². The van der Waals surface area contributed by atoms with Gasteiger partial charge in [0.1, 0.15) is 4.83 Å². The number of carboxylic acid groups (broad SMARTS) is 1. The van der Waals surface area contributed by atoms with E-state index < -0.39 is 5.97 Å². The minimum atomic E-state index is -0.942. The molecule has 25 heavy (non-hydrogen) atoms. The maximum atomic E-state index is 12.5. The number of fused-ring (bicyclic) bond motifs is 1. The molecule has 1 aliphatic heterocycles. The third kappa shape index (κ3) is 3.72. The first kappa shape index (κ1) is 17.6. The van der Waals surface area contributed by atoms with Crippen molar-refractivity contribution in [1.82, 2.24) is 14.5 Å². The lowest BCUT2D eigenvalue weighted by molar-refractivity contribution is -0.140. The molecule has 0 aliphatic carbocycles. The molecule has 2 aromatic heterocycles. The Balaban J connectivity index is 1.69. The number of aromatic nitrogens is 2. The van der Waals surface area contributed by atoms with Gasteiger partial charge in [0.25, 0.3) is 5.56 Å². The van der Waals surface area contributed by atoms with Crippen LogP contribution in [0.25, 0.3) is 10.2 Å². The Hall–Kier alpha value is -2.26. The van der Waals surface area contributed by atoms with Gasteiger partial charge in [-0.25, -0.2) is 4.98 Å². The molecule has 0 aromatic carbocycles. The number of nitrogens with zero attached hydrogens (tertiary/aromatic N) is 3. The van der Waals surface area contributed by atoms with E-state index in [2.05, 4.69) is 4.98 Å². The molecule has 2 unspecified atom stereocenters. The minimum Gasteiger partial charge on any atom is -0.481 e. The molecule has 1 amide bonds. The van der Waals surface area contributed by atoms with E-state index in [0.29, 0.717) is 23.2 Å². The van der Waals surface area contributed by atoms with Crippen molar-refractivity contribution in [2.24, 2.45) is 0 Å². The highest BCUT2D eigenvalue weighted by Crippen LogP contribution is 2.23. The van der Waals surface area contributed by atoms with Crippen LogP contribution in [0.2, 0.25) is 0 Å². The summed E-state index contributed by atoms with van der Waals surface area (Å²) in [6.45, 7) is 0.592. The Kier molecular flexibility index (Phi) is 5.14. The fraction of sp³-hybridized carbons (Fsp3) is 0.500. The lowest BCUT2D eigenvalue weighted by atomic mass is 10.1. The fourth-order valence-electron chi connectivity index (χ4n) is 3.16. The van der Waals surface area contributed by atoms with Crippen LogP contribution in [0.3, 0.4) is 0 Å². The number of aryl methyl sites for hydroxylation is 1. The molecule has 1 saturated heterocycles. The van der Waals surface area contributed by atoms with Crippen LogP contribution in [0.15, 0.2) is 22.6 Å². The second-order valence-corrected chi connectivity index (χ2v) is 6.92. The number of methoxy groups -OCH3 is 1. The first-order valence-electron chi connectivity index (χ1n) is 7.96. The van der Waals surface area contributed by atoms with Crippen molar-refractivity contribution in [3.8, 4) is 0 Å². The number of aliphatic carboxylic acids is 1. The van der Waals surface area contributed by atoms with Crippen molar-refractivity contribution in [3.05, 3.63) is 28.1 Å². The largest absolute Gasteiger partial charge is 0.481 e. The molecule has 0 bridgehead atoms. The van der Waals surface area contributed by atoms with E-state index in [1.807, 2.05) is 0 Å². The molecule has 2 atom stereocenters. The van der Waals surface area contributed by atoms with Gasteiger partial charge in [-0.15, -0.1) is 11.3 Å². The zero-order valence-corrected chi connectivity index (χ0v) is 14.6. The van der Waals surface area contributed by atoms with Gasteiger partial charge in [0.2, 0.25) is 5.91 Å². The van der Waals surface area contributed by atoms with E-state index in [0.717, 1.165) is 0 Å². The molecular weight excluding hydrogens is 346 g/mol. The van der Waals surface area contributed by atoms with Crippen molar-refractivity contribution in [1.29, 1.82) is 0 Å². The van der Waals surface area contributed by atoms with Crippen LogP contribution in [0.4, 0.5) is 0 Å². The maximum absolute atomic E-state index is 12.5. The first-order valence-corrected chi connectivity index (χ1v) is 8.84. The normalized spacial score (nSPS) is 20.3. The molecule has 0 saturated carbocycles. The standard InChI is InChI=1S/C16H19N3O5S/c1-24-11-6-10(7-14(21)22)19(8-11)13(20)2-4-18-9-17-15-12(16(18)23)3-5-25-15/h3,5,9-11H,2,4,6-8H2,1H3,(H,21,22). The number of amides is 1. The van der Waals surface area contributed by atoms with Crippen LogP contribution in [-0.4, -0.2) is 57.2 Å². The number of likely N-dealkylation sites (tertiary alicyclic amines) is 1. The number of ether oxygens (including phenoxy) is 1. The van der Waals surface area contributed by atoms with Crippen molar-refractivity contribution in [2.75, 3.05) is 13.7 Å². The Bertz CT molecular complexity index is 846. The van der Waals surface area contributed by atoms with E-state index in [1.54, 1.807) is 23.5 Å². The zero-order valence-electron chi connectivity index (χ0n) is 13.8. The van der Waals surface area contributed by atoms with Crippen molar-refractivity contribution in [2.45, 2.75) is 38.0 Å². The van der Waals surface area contributed by atoms with E-state index in [1.165, 1.54) is 22.2 Å². The summed E-state index contributed by atoms with van der Waals surface area (Å²) < 4.78 is 6.69. The molecular formula is C16H19N3O5S. The number of carbonyl (C=O) groups is 2. The highest BCUT2D eigenvalue weighted by molar-refractivity contribution is 7.16. The van der Waals surface area contributed by atoms with Gasteiger partial charge < -0.3 is 14.7 Å². The molecule has 8 nitrogen and oxygen atoms in total. The summed E-state index contributed by atoms with van der Waals surface area (Å²) in [5.74, 6) is -1.12. The fourth-order valence-corrected chi connectivity index (χ4v) is 3.88. The van der Waals surface area contributed by atoms with E-state index in [9.17, 15) is 14.4 Å². The lowest BCUT2D eigenvalue weighted by Gasteiger charge is -2.23. The number of carboxylic acids is 1. The van der Waals surface area contributed by atoms with Gasteiger partial charge in [0.15, 0.2) is 0 Å². The Morgan fingerprint density at radius 2 is 2.28 bits per heavy atom. The SMILES string of the molecule is COC1CC(CC(=O)O)N(C(=O)CCn2cnc3sccc3c2=O)C1. The molecule has 3 rings (SSSR count). The number of carbonyl (C=O) groups excluding carboxylic acids is 1. The van der Waals surface area contributed by atoms with Crippen LogP contribution in [0, 0.1) is 0 Å². The second-order valence-electron chi connectivity index (χ2n) is 6.02. The number of rotatable bonds is 6. The summed E-state index contributed by atoms with van der Waals surface area (Å²) in [7, 11) is 1.55. The lowest BCUT2D eigenvalue weighted by Crippen LogP contribution is -2.38. The Morgan fingerprint density at radius 1 is 1.48 bits per heavy atom. The molecule has 3 heterocycles. The van der Waals surface area contributed by atoms with Crippen molar-refractivity contribution < 1.29 is 19.4 Å². The predicted octanol–water partition coefficient (Wildman–Crippen LogP) is 0.939. The molecule has 1 fully saturated rings. The average molecular weight is 365 g/mol. The van der Waals surface area contributed by atoms with Gasteiger partial charge in [-0.05, 0) is 17.9 Å². The van der Waals surface area contributed by atoms with Gasteiger partial charge in [-0.2, -0.15) is 0 Å². The number of thiophene rings is 1. The summed E-state index contributed by atoms with van der Waals surface area (Å²) in [5, 5.41) is 11.4. The highest BCUT2D eigenvalue weighted by atomic mass is 32.1. The predicted molar refractivity (Wildman–Crippen MR) is 91.7 cm³/mol. The highest BCUT2D eigenvalue weighted by Gasteiger charge is 2.36. The van der Waals surface area contributed by atoms with E-state index in [4.69, 9.17) is 9.84 Å². The Labute approximate surface area is 147 Å². The van der Waals surface area contributed by atoms with Crippen LogP contribution < -0.4 is 5.56 Å². The third-order valence-electron chi connectivity index (χ3n) is 4.46. The van der Waals surface area contributed by atoms with Crippen LogP contribution in [0.1, 0.15) is 19.3 Å². The zero-order chi connectivity index (χ0) is 18.0. The summed E-state index contributed by atoms with van der Waals surface area (Å²) in [6.07, 6.45) is 1.82. The molecule has 9 heteroatoms.